The van der Waals surface area contributed by atoms with Gasteiger partial charge in [-0.1, -0.05) is 12.1 Å². The molecule has 2 aromatic rings. The number of nitrogens with one attached hydrogen (secondary N) is 2. The van der Waals surface area contributed by atoms with Crippen LogP contribution >= 0.6 is 0 Å². The number of anilines is 1. The number of amides is 3. The van der Waals surface area contributed by atoms with E-state index in [1.165, 1.54) is 0 Å². The highest BCUT2D eigenvalue weighted by Crippen LogP contribution is 2.22. The van der Waals surface area contributed by atoms with Crippen molar-refractivity contribution in [2.24, 2.45) is 0 Å². The summed E-state index contributed by atoms with van der Waals surface area (Å²) in [6, 6.07) is 14.5. The van der Waals surface area contributed by atoms with Crippen LogP contribution in [0.5, 0.6) is 5.75 Å². The molecule has 2 aromatic carbocycles. The smallest absolute Gasteiger partial charge is 0.319 e. The molecular formula is C23H32N4O3. The van der Waals surface area contributed by atoms with Gasteiger partial charge in [0.05, 0.1) is 13.2 Å². The number of benzene rings is 2. The Hall–Kier alpha value is -3.06. The summed E-state index contributed by atoms with van der Waals surface area (Å²) in [6.07, 6.45) is 0. The predicted molar refractivity (Wildman–Crippen MR) is 120 cm³/mol. The molecule has 0 aliphatic carbocycles. The SMILES string of the molecule is CCN(CC)C(=O)c1ccc(NC(=O)NCC(c2cccc(OC)c2)N(C)C)cc1. The van der Waals surface area contributed by atoms with Gasteiger partial charge in [0.2, 0.25) is 0 Å². The molecule has 0 aliphatic heterocycles. The molecule has 0 heterocycles. The molecule has 0 fully saturated rings. The fourth-order valence-corrected chi connectivity index (χ4v) is 3.20. The van der Waals surface area contributed by atoms with E-state index in [1.54, 1.807) is 36.3 Å². The molecule has 7 heteroatoms. The highest BCUT2D eigenvalue weighted by atomic mass is 16.5. The zero-order valence-electron chi connectivity index (χ0n) is 18.4. The monoisotopic (exact) mass is 412 g/mol. The highest BCUT2D eigenvalue weighted by Gasteiger charge is 2.16. The maximum Gasteiger partial charge on any atom is 0.319 e. The zero-order valence-corrected chi connectivity index (χ0v) is 18.4. The highest BCUT2D eigenvalue weighted by molar-refractivity contribution is 5.95. The van der Waals surface area contributed by atoms with Crippen LogP contribution in [0.15, 0.2) is 48.5 Å². The summed E-state index contributed by atoms with van der Waals surface area (Å²) < 4.78 is 5.30. The molecule has 3 amide bonds. The number of methoxy groups -OCH3 is 1. The normalized spacial score (nSPS) is 11.7. The molecule has 162 valence electrons. The molecule has 0 aliphatic rings. The lowest BCUT2D eigenvalue weighted by Gasteiger charge is -2.25. The molecule has 2 rings (SSSR count). The van der Waals surface area contributed by atoms with Gasteiger partial charge in [0.15, 0.2) is 0 Å². The second-order valence-corrected chi connectivity index (χ2v) is 7.15. The van der Waals surface area contributed by atoms with Crippen LogP contribution in [-0.4, -0.2) is 62.6 Å². The molecule has 0 bridgehead atoms. The molecule has 7 nitrogen and oxygen atoms in total. The van der Waals surface area contributed by atoms with Gasteiger partial charge in [0.1, 0.15) is 5.75 Å². The van der Waals surface area contributed by atoms with Crippen molar-refractivity contribution in [3.05, 3.63) is 59.7 Å². The molecule has 0 saturated carbocycles. The third-order valence-corrected chi connectivity index (χ3v) is 5.00. The average Bonchev–Trinajstić information content (AvgIpc) is 2.75. The number of likely N-dealkylation sites (N-methyl/N-ethyl adjacent to an activating group) is 1. The van der Waals surface area contributed by atoms with Gasteiger partial charge in [0, 0.05) is 30.9 Å². The minimum absolute atomic E-state index is 0.0000758. The van der Waals surface area contributed by atoms with Gasteiger partial charge in [-0.3, -0.25) is 4.79 Å². The van der Waals surface area contributed by atoms with Gasteiger partial charge >= 0.3 is 6.03 Å². The van der Waals surface area contributed by atoms with Crippen molar-refractivity contribution < 1.29 is 14.3 Å². The van der Waals surface area contributed by atoms with E-state index in [0.717, 1.165) is 11.3 Å². The summed E-state index contributed by atoms with van der Waals surface area (Å²) in [5.41, 5.74) is 2.29. The zero-order chi connectivity index (χ0) is 22.1. The Morgan fingerprint density at radius 2 is 1.70 bits per heavy atom. The van der Waals surface area contributed by atoms with Gasteiger partial charge in [0.25, 0.3) is 5.91 Å². The summed E-state index contributed by atoms with van der Waals surface area (Å²) in [5, 5.41) is 5.73. The van der Waals surface area contributed by atoms with Crippen LogP contribution in [0.2, 0.25) is 0 Å². The first kappa shape index (κ1) is 23.2. The van der Waals surface area contributed by atoms with E-state index in [1.807, 2.05) is 57.1 Å². The molecule has 0 saturated heterocycles. The first-order chi connectivity index (χ1) is 14.4. The number of nitrogens with zero attached hydrogens (tertiary/aromatic N) is 2. The molecular weight excluding hydrogens is 380 g/mol. The van der Waals surface area contributed by atoms with Crippen molar-refractivity contribution in [1.82, 2.24) is 15.1 Å². The van der Waals surface area contributed by atoms with E-state index in [0.29, 0.717) is 30.9 Å². The summed E-state index contributed by atoms with van der Waals surface area (Å²) >= 11 is 0. The Bertz CT molecular complexity index is 833. The number of urea groups is 1. The Balaban J connectivity index is 1.96. The molecule has 0 spiro atoms. The van der Waals surface area contributed by atoms with E-state index in [2.05, 4.69) is 10.6 Å². The van der Waals surface area contributed by atoms with Crippen molar-refractivity contribution in [1.29, 1.82) is 0 Å². The Labute approximate surface area is 179 Å². The van der Waals surface area contributed by atoms with Crippen LogP contribution in [-0.2, 0) is 0 Å². The fourth-order valence-electron chi connectivity index (χ4n) is 3.20. The second kappa shape index (κ2) is 11.2. The summed E-state index contributed by atoms with van der Waals surface area (Å²) in [4.78, 5) is 28.6. The van der Waals surface area contributed by atoms with E-state index in [9.17, 15) is 9.59 Å². The summed E-state index contributed by atoms with van der Waals surface area (Å²) in [5.74, 6) is 0.770. The third kappa shape index (κ3) is 6.22. The van der Waals surface area contributed by atoms with Gasteiger partial charge in [-0.05, 0) is 69.9 Å². The molecule has 0 aromatic heterocycles. The van der Waals surface area contributed by atoms with Crippen molar-refractivity contribution in [3.8, 4) is 5.75 Å². The molecule has 0 radical (unpaired) electrons. The van der Waals surface area contributed by atoms with Crippen LogP contribution in [0.3, 0.4) is 0 Å². The number of ether oxygens (including phenoxy) is 1. The maximum absolute atomic E-state index is 12.4. The van der Waals surface area contributed by atoms with Crippen LogP contribution in [0, 0.1) is 0 Å². The lowest BCUT2D eigenvalue weighted by Crippen LogP contribution is -2.36. The lowest BCUT2D eigenvalue weighted by molar-refractivity contribution is 0.0773. The number of hydrogen-bond donors (Lipinski definition) is 2. The Morgan fingerprint density at radius 1 is 1.03 bits per heavy atom. The van der Waals surface area contributed by atoms with E-state index in [-0.39, 0.29) is 18.0 Å². The summed E-state index contributed by atoms with van der Waals surface area (Å²) in [6.45, 7) is 5.67. The van der Waals surface area contributed by atoms with Crippen LogP contribution in [0.1, 0.15) is 35.8 Å². The largest absolute Gasteiger partial charge is 0.497 e. The van der Waals surface area contributed by atoms with Gasteiger partial charge < -0.3 is 25.2 Å². The number of rotatable bonds is 9. The summed E-state index contributed by atoms with van der Waals surface area (Å²) in [7, 11) is 5.57. The van der Waals surface area contributed by atoms with Gasteiger partial charge in [-0.15, -0.1) is 0 Å². The molecule has 1 unspecified atom stereocenters. The number of hydrogen-bond acceptors (Lipinski definition) is 4. The topological polar surface area (TPSA) is 73.9 Å². The van der Waals surface area contributed by atoms with Gasteiger partial charge in [-0.25, -0.2) is 4.79 Å². The number of carbonyl (C=O) groups excluding carboxylic acids is 2. The average molecular weight is 413 g/mol. The van der Waals surface area contributed by atoms with Gasteiger partial charge in [-0.2, -0.15) is 0 Å². The maximum atomic E-state index is 12.4. The predicted octanol–water partition coefficient (Wildman–Crippen LogP) is 3.60. The first-order valence-electron chi connectivity index (χ1n) is 10.1. The molecule has 1 atom stereocenters. The Kier molecular flexibility index (Phi) is 8.68. The fraction of sp³-hybridized carbons (Fsp3) is 0.391. The van der Waals surface area contributed by atoms with E-state index < -0.39 is 0 Å². The lowest BCUT2D eigenvalue weighted by atomic mass is 10.1. The quantitative estimate of drug-likeness (QED) is 0.660. The minimum atomic E-state index is -0.299. The van der Waals surface area contributed by atoms with Crippen molar-refractivity contribution in [2.75, 3.05) is 46.2 Å². The van der Waals surface area contributed by atoms with Crippen LogP contribution in [0.25, 0.3) is 0 Å². The van der Waals surface area contributed by atoms with E-state index in [4.69, 9.17) is 4.74 Å². The van der Waals surface area contributed by atoms with Crippen LogP contribution < -0.4 is 15.4 Å². The van der Waals surface area contributed by atoms with Crippen molar-refractivity contribution in [3.63, 3.8) is 0 Å². The second-order valence-electron chi connectivity index (χ2n) is 7.15. The standard InChI is InChI=1S/C23H32N4O3/c1-6-27(7-2)22(28)17-11-13-19(14-12-17)25-23(29)24-16-21(26(3)4)18-9-8-10-20(15-18)30-5/h8-15,21H,6-7,16H2,1-5H3,(H2,24,25,29). The third-order valence-electron chi connectivity index (χ3n) is 5.00. The number of carbonyl (C=O) groups is 2. The van der Waals surface area contributed by atoms with Crippen LogP contribution in [0.4, 0.5) is 10.5 Å². The van der Waals surface area contributed by atoms with E-state index >= 15 is 0 Å². The molecule has 30 heavy (non-hydrogen) atoms. The van der Waals surface area contributed by atoms with Crippen molar-refractivity contribution in [2.45, 2.75) is 19.9 Å². The molecule has 2 N–H and O–H groups in total. The minimum Gasteiger partial charge on any atom is -0.497 e. The Morgan fingerprint density at radius 3 is 2.27 bits per heavy atom. The first-order valence-corrected chi connectivity index (χ1v) is 10.1. The van der Waals surface area contributed by atoms with Crippen molar-refractivity contribution >= 4 is 17.6 Å².